The Morgan fingerprint density at radius 2 is 2.05 bits per heavy atom. The number of nitrogens with two attached hydrogens (primary N) is 1. The molecule has 0 bridgehead atoms. The molecule has 0 spiro atoms. The van der Waals surface area contributed by atoms with Gasteiger partial charge in [-0.15, -0.1) is 0 Å². The summed E-state index contributed by atoms with van der Waals surface area (Å²) in [4.78, 5) is 0. The summed E-state index contributed by atoms with van der Waals surface area (Å²) in [6, 6.07) is 7.48. The summed E-state index contributed by atoms with van der Waals surface area (Å²) in [5.41, 5.74) is 7.14. The summed E-state index contributed by atoms with van der Waals surface area (Å²) in [7, 11) is 1.74. The van der Waals surface area contributed by atoms with Crippen LogP contribution < -0.4 is 5.73 Å². The van der Waals surface area contributed by atoms with Gasteiger partial charge in [0, 0.05) is 12.5 Å². The topological polar surface area (TPSA) is 48.4 Å². The average molecular weight is 308 g/mol. The molecule has 2 unspecified atom stereocenters. The van der Waals surface area contributed by atoms with Crippen LogP contribution in [0.15, 0.2) is 28.7 Å². The van der Waals surface area contributed by atoms with Gasteiger partial charge in [-0.05, 0) is 30.9 Å². The number of para-hydroxylation sites is 1. The summed E-state index contributed by atoms with van der Waals surface area (Å²) in [5, 5.41) is 1.61. The zero-order chi connectivity index (χ0) is 14.8. The quantitative estimate of drug-likeness (QED) is 0.892. The van der Waals surface area contributed by atoms with Crippen molar-refractivity contribution >= 4 is 22.6 Å². The van der Waals surface area contributed by atoms with Crippen molar-refractivity contribution in [3.8, 4) is 0 Å². The third kappa shape index (κ3) is 2.96. The Hall–Kier alpha value is -1.03. The summed E-state index contributed by atoms with van der Waals surface area (Å²) >= 11 is 6.17. The molecule has 1 saturated carbocycles. The van der Waals surface area contributed by atoms with E-state index in [9.17, 15) is 0 Å². The van der Waals surface area contributed by atoms with Crippen molar-refractivity contribution in [1.82, 2.24) is 0 Å². The Morgan fingerprint density at radius 3 is 2.71 bits per heavy atom. The number of hydrogen-bond acceptors (Lipinski definition) is 3. The van der Waals surface area contributed by atoms with Crippen molar-refractivity contribution in [1.29, 1.82) is 0 Å². The van der Waals surface area contributed by atoms with Gasteiger partial charge in [-0.2, -0.15) is 0 Å². The Balaban J connectivity index is 1.87. The second kappa shape index (κ2) is 6.39. The molecule has 4 heteroatoms. The van der Waals surface area contributed by atoms with Crippen molar-refractivity contribution in [2.24, 2.45) is 11.7 Å². The van der Waals surface area contributed by atoms with Gasteiger partial charge in [-0.3, -0.25) is 0 Å². The van der Waals surface area contributed by atoms with Crippen LogP contribution in [0.3, 0.4) is 0 Å². The lowest BCUT2D eigenvalue weighted by molar-refractivity contribution is 0.0129. The molecule has 1 fully saturated rings. The summed E-state index contributed by atoms with van der Waals surface area (Å²) in [6.45, 7) is 0. The van der Waals surface area contributed by atoms with Crippen molar-refractivity contribution in [2.75, 3.05) is 7.11 Å². The molecule has 3 rings (SSSR count). The third-order valence-electron chi connectivity index (χ3n) is 4.58. The number of halogens is 1. The molecule has 2 N–H and O–H groups in total. The zero-order valence-corrected chi connectivity index (χ0v) is 13.1. The third-order valence-corrected chi connectivity index (χ3v) is 4.88. The van der Waals surface area contributed by atoms with E-state index in [4.69, 9.17) is 26.5 Å². The van der Waals surface area contributed by atoms with Gasteiger partial charge >= 0.3 is 0 Å². The Kier molecular flexibility index (Phi) is 4.53. The number of rotatable bonds is 4. The van der Waals surface area contributed by atoms with E-state index in [2.05, 4.69) is 0 Å². The number of methoxy groups -OCH3 is 1. The van der Waals surface area contributed by atoms with E-state index in [0.29, 0.717) is 16.5 Å². The highest BCUT2D eigenvalue weighted by atomic mass is 35.5. The van der Waals surface area contributed by atoms with Gasteiger partial charge in [-0.25, -0.2) is 0 Å². The lowest BCUT2D eigenvalue weighted by atomic mass is 9.82. The highest BCUT2D eigenvalue weighted by Gasteiger charge is 2.31. The largest absolute Gasteiger partial charge is 0.458 e. The first-order valence-electron chi connectivity index (χ1n) is 7.67. The average Bonchev–Trinajstić information content (AvgIpc) is 2.95. The van der Waals surface area contributed by atoms with Crippen LogP contribution in [-0.2, 0) is 4.74 Å². The number of hydrogen-bond donors (Lipinski definition) is 1. The molecule has 0 aliphatic heterocycles. The maximum Gasteiger partial charge on any atom is 0.152 e. The second-order valence-corrected chi connectivity index (χ2v) is 6.34. The first-order valence-corrected chi connectivity index (χ1v) is 8.05. The molecule has 1 heterocycles. The predicted molar refractivity (Wildman–Crippen MR) is 85.5 cm³/mol. The van der Waals surface area contributed by atoms with Gasteiger partial charge < -0.3 is 14.9 Å². The molecule has 1 aromatic carbocycles. The summed E-state index contributed by atoms with van der Waals surface area (Å²) < 4.78 is 11.6. The monoisotopic (exact) mass is 307 g/mol. The molecule has 21 heavy (non-hydrogen) atoms. The molecule has 1 aliphatic rings. The molecular weight excluding hydrogens is 286 g/mol. The Bertz CT molecular complexity index is 604. The Morgan fingerprint density at radius 1 is 1.29 bits per heavy atom. The van der Waals surface area contributed by atoms with Gasteiger partial charge in [0.15, 0.2) is 5.58 Å². The lowest BCUT2D eigenvalue weighted by Crippen LogP contribution is -2.35. The standard InChI is InChI=1S/C17H22ClNO2/c1-20-17(11-6-3-2-4-7-11)15(19)14-10-12-8-5-9-13(18)16(12)21-14/h5,8-11,15,17H,2-4,6-7,19H2,1H3. The molecule has 0 amide bonds. The SMILES string of the molecule is COC(C1CCCCC1)C(N)c1cc2cccc(Cl)c2o1. The summed E-state index contributed by atoms with van der Waals surface area (Å²) in [5.74, 6) is 1.28. The first-order chi connectivity index (χ1) is 10.2. The smallest absolute Gasteiger partial charge is 0.152 e. The maximum absolute atomic E-state index is 6.43. The highest BCUT2D eigenvalue weighted by Crippen LogP contribution is 2.35. The molecule has 3 nitrogen and oxygen atoms in total. The first kappa shape index (κ1) is 14.9. The molecule has 2 aromatic rings. The van der Waals surface area contributed by atoms with E-state index in [1.807, 2.05) is 24.3 Å². The molecular formula is C17H22ClNO2. The maximum atomic E-state index is 6.43. The van der Waals surface area contributed by atoms with Crippen LogP contribution in [0.5, 0.6) is 0 Å². The fourth-order valence-corrected chi connectivity index (χ4v) is 3.69. The van der Waals surface area contributed by atoms with E-state index in [0.717, 1.165) is 11.1 Å². The van der Waals surface area contributed by atoms with Crippen LogP contribution in [-0.4, -0.2) is 13.2 Å². The van der Waals surface area contributed by atoms with Crippen LogP contribution in [0.2, 0.25) is 5.02 Å². The van der Waals surface area contributed by atoms with E-state index in [1.54, 1.807) is 7.11 Å². The van der Waals surface area contributed by atoms with Crippen LogP contribution in [0.25, 0.3) is 11.0 Å². The van der Waals surface area contributed by atoms with Gasteiger partial charge in [0.2, 0.25) is 0 Å². The summed E-state index contributed by atoms with van der Waals surface area (Å²) in [6.07, 6.45) is 6.24. The molecule has 114 valence electrons. The van der Waals surface area contributed by atoms with E-state index in [-0.39, 0.29) is 12.1 Å². The fraction of sp³-hybridized carbons (Fsp3) is 0.529. The van der Waals surface area contributed by atoms with Crippen molar-refractivity contribution in [3.63, 3.8) is 0 Å². The van der Waals surface area contributed by atoms with Crippen LogP contribution >= 0.6 is 11.6 Å². The number of ether oxygens (including phenoxy) is 1. The van der Waals surface area contributed by atoms with E-state index in [1.165, 1.54) is 32.1 Å². The van der Waals surface area contributed by atoms with Gasteiger partial charge in [0.25, 0.3) is 0 Å². The molecule has 2 atom stereocenters. The van der Waals surface area contributed by atoms with Crippen LogP contribution in [0.1, 0.15) is 43.9 Å². The van der Waals surface area contributed by atoms with Gasteiger partial charge in [-0.1, -0.05) is 43.0 Å². The minimum absolute atomic E-state index is 0.00429. The number of fused-ring (bicyclic) bond motifs is 1. The molecule has 0 radical (unpaired) electrons. The number of furan rings is 1. The van der Waals surface area contributed by atoms with E-state index >= 15 is 0 Å². The van der Waals surface area contributed by atoms with E-state index < -0.39 is 0 Å². The zero-order valence-electron chi connectivity index (χ0n) is 12.3. The molecule has 0 saturated heterocycles. The number of benzene rings is 1. The Labute approximate surface area is 130 Å². The molecule has 1 aliphatic carbocycles. The lowest BCUT2D eigenvalue weighted by Gasteiger charge is -2.32. The minimum Gasteiger partial charge on any atom is -0.458 e. The fourth-order valence-electron chi connectivity index (χ4n) is 3.47. The highest BCUT2D eigenvalue weighted by molar-refractivity contribution is 6.34. The van der Waals surface area contributed by atoms with Crippen molar-refractivity contribution in [2.45, 2.75) is 44.2 Å². The normalized spacial score (nSPS) is 19.8. The van der Waals surface area contributed by atoms with Crippen molar-refractivity contribution < 1.29 is 9.15 Å². The van der Waals surface area contributed by atoms with Gasteiger partial charge in [0.1, 0.15) is 5.76 Å². The van der Waals surface area contributed by atoms with Crippen LogP contribution in [0.4, 0.5) is 0 Å². The molecule has 1 aromatic heterocycles. The van der Waals surface area contributed by atoms with Crippen molar-refractivity contribution in [3.05, 3.63) is 35.0 Å². The van der Waals surface area contributed by atoms with Gasteiger partial charge in [0.05, 0.1) is 17.2 Å². The van der Waals surface area contributed by atoms with Crippen LogP contribution in [0, 0.1) is 5.92 Å². The predicted octanol–water partition coefficient (Wildman–Crippen LogP) is 4.68. The second-order valence-electron chi connectivity index (χ2n) is 5.93. The minimum atomic E-state index is -0.249.